The van der Waals surface area contributed by atoms with Crippen LogP contribution in [0, 0.1) is 5.82 Å². The Morgan fingerprint density at radius 2 is 1.65 bits per heavy atom. The van der Waals surface area contributed by atoms with E-state index in [-0.39, 0.29) is 17.8 Å². The minimum Gasteiger partial charge on any atom is -0.345 e. The van der Waals surface area contributed by atoms with Crippen LogP contribution in [0.4, 0.5) is 4.39 Å². The highest BCUT2D eigenvalue weighted by Gasteiger charge is 2.27. The lowest BCUT2D eigenvalue weighted by Gasteiger charge is -2.35. The van der Waals surface area contributed by atoms with Crippen LogP contribution in [0.2, 0.25) is 0 Å². The number of aromatic nitrogens is 1. The van der Waals surface area contributed by atoms with Gasteiger partial charge in [-0.15, -0.1) is 0 Å². The van der Waals surface area contributed by atoms with Crippen molar-refractivity contribution in [3.05, 3.63) is 95.1 Å². The topological polar surface area (TPSA) is 25.2 Å². The normalized spacial score (nSPS) is 14.5. The van der Waals surface area contributed by atoms with Crippen molar-refractivity contribution < 1.29 is 9.18 Å². The molecule has 1 fully saturated rings. The first-order valence-corrected chi connectivity index (χ1v) is 11.4. The van der Waals surface area contributed by atoms with Crippen LogP contribution in [0.3, 0.4) is 0 Å². The molecular weight excluding hydrogens is 387 g/mol. The van der Waals surface area contributed by atoms with Gasteiger partial charge in [0.05, 0.1) is 6.54 Å². The van der Waals surface area contributed by atoms with Crippen LogP contribution in [0.25, 0.3) is 0 Å². The molecule has 1 aliphatic rings. The van der Waals surface area contributed by atoms with Gasteiger partial charge in [0.1, 0.15) is 5.82 Å². The summed E-state index contributed by atoms with van der Waals surface area (Å²) < 4.78 is 15.4. The van der Waals surface area contributed by atoms with Crippen molar-refractivity contribution in [3.63, 3.8) is 0 Å². The molecule has 0 unspecified atom stereocenters. The van der Waals surface area contributed by atoms with Crippen LogP contribution in [0.1, 0.15) is 66.2 Å². The molecule has 3 nitrogen and oxygen atoms in total. The summed E-state index contributed by atoms with van der Waals surface area (Å²) in [4.78, 5) is 15.6. The van der Waals surface area contributed by atoms with Gasteiger partial charge < -0.3 is 9.47 Å². The fourth-order valence-electron chi connectivity index (χ4n) is 4.52. The summed E-state index contributed by atoms with van der Waals surface area (Å²) >= 11 is 0. The molecule has 0 radical (unpaired) electrons. The van der Waals surface area contributed by atoms with Crippen LogP contribution in [0.15, 0.2) is 66.9 Å². The molecule has 2 aromatic carbocycles. The lowest BCUT2D eigenvalue weighted by Crippen LogP contribution is -2.41. The van der Waals surface area contributed by atoms with E-state index in [1.54, 1.807) is 0 Å². The molecule has 0 bridgehead atoms. The maximum Gasteiger partial charge on any atom is 0.254 e. The van der Waals surface area contributed by atoms with E-state index in [9.17, 15) is 9.18 Å². The highest BCUT2D eigenvalue weighted by molar-refractivity contribution is 5.94. The van der Waals surface area contributed by atoms with E-state index in [4.69, 9.17) is 0 Å². The fraction of sp³-hybridized carbons (Fsp3) is 0.370. The molecule has 162 valence electrons. The van der Waals surface area contributed by atoms with Crippen molar-refractivity contribution in [1.82, 2.24) is 9.47 Å². The molecule has 0 N–H and O–H groups in total. The van der Waals surface area contributed by atoms with E-state index in [0.29, 0.717) is 13.1 Å². The van der Waals surface area contributed by atoms with Gasteiger partial charge in [-0.25, -0.2) is 4.39 Å². The number of hydrogen-bond acceptors (Lipinski definition) is 1. The van der Waals surface area contributed by atoms with Crippen LogP contribution in [-0.4, -0.2) is 21.4 Å². The molecule has 4 rings (SSSR count). The Bertz CT molecular complexity index is 985. The van der Waals surface area contributed by atoms with Gasteiger partial charge in [-0.05, 0) is 66.8 Å². The molecule has 0 spiro atoms. The highest BCUT2D eigenvalue weighted by Crippen LogP contribution is 2.26. The smallest absolute Gasteiger partial charge is 0.254 e. The molecule has 1 heterocycles. The molecule has 1 amide bonds. The molecule has 1 aliphatic carbocycles. The minimum absolute atomic E-state index is 0.115. The quantitative estimate of drug-likeness (QED) is 0.448. The van der Waals surface area contributed by atoms with Gasteiger partial charge in [-0.2, -0.15) is 0 Å². The molecular formula is C27H31FN2O. The van der Waals surface area contributed by atoms with Crippen molar-refractivity contribution in [1.29, 1.82) is 0 Å². The Morgan fingerprint density at radius 3 is 2.32 bits per heavy atom. The molecule has 0 atom stereocenters. The van der Waals surface area contributed by atoms with Crippen LogP contribution < -0.4 is 0 Å². The molecule has 31 heavy (non-hydrogen) atoms. The number of carbonyl (C=O) groups is 1. The van der Waals surface area contributed by atoms with Crippen LogP contribution in [0.5, 0.6) is 0 Å². The van der Waals surface area contributed by atoms with Gasteiger partial charge >= 0.3 is 0 Å². The third-order valence-electron chi connectivity index (χ3n) is 6.41. The summed E-state index contributed by atoms with van der Waals surface area (Å²) in [6.45, 7) is 3.38. The summed E-state index contributed by atoms with van der Waals surface area (Å²) in [5.41, 5.74) is 4.16. The average molecular weight is 419 g/mol. The largest absolute Gasteiger partial charge is 0.345 e. The average Bonchev–Trinajstić information content (AvgIpc) is 3.25. The van der Waals surface area contributed by atoms with Crippen LogP contribution in [-0.2, 0) is 19.5 Å². The second kappa shape index (κ2) is 9.95. The Balaban J connectivity index is 1.57. The summed E-state index contributed by atoms with van der Waals surface area (Å²) in [6.07, 6.45) is 8.76. The number of aryl methyl sites for hydroxylation is 1. The lowest BCUT2D eigenvalue weighted by atomic mass is 9.93. The van der Waals surface area contributed by atoms with E-state index in [2.05, 4.69) is 34.6 Å². The van der Waals surface area contributed by atoms with E-state index in [1.807, 2.05) is 36.5 Å². The van der Waals surface area contributed by atoms with Gasteiger partial charge in [0.15, 0.2) is 0 Å². The van der Waals surface area contributed by atoms with Gasteiger partial charge in [0.25, 0.3) is 5.91 Å². The third-order valence-corrected chi connectivity index (χ3v) is 6.41. The summed E-state index contributed by atoms with van der Waals surface area (Å²) in [5, 5.41) is 0. The first kappa shape index (κ1) is 21.4. The summed E-state index contributed by atoms with van der Waals surface area (Å²) in [5.74, 6) is -0.108. The molecule has 4 heteroatoms. The first-order chi connectivity index (χ1) is 15.1. The fourth-order valence-corrected chi connectivity index (χ4v) is 4.52. The number of amides is 1. The zero-order chi connectivity index (χ0) is 21.6. The van der Waals surface area contributed by atoms with Crippen molar-refractivity contribution in [3.8, 4) is 0 Å². The van der Waals surface area contributed by atoms with Gasteiger partial charge in [0.2, 0.25) is 0 Å². The maximum atomic E-state index is 13.6. The Morgan fingerprint density at radius 1 is 0.968 bits per heavy atom. The van der Waals surface area contributed by atoms with Crippen LogP contribution >= 0.6 is 0 Å². The van der Waals surface area contributed by atoms with Crippen molar-refractivity contribution in [2.75, 3.05) is 0 Å². The SMILES string of the molecule is CCc1ccc(C(=O)N(Cc2cccn2Cc2ccc(F)cc2)C2CCCCC2)cc1. The van der Waals surface area contributed by atoms with Gasteiger partial charge in [0, 0.05) is 30.0 Å². The zero-order valence-electron chi connectivity index (χ0n) is 18.3. The third kappa shape index (κ3) is 5.25. The number of benzene rings is 2. The Labute approximate surface area is 184 Å². The second-order valence-corrected chi connectivity index (χ2v) is 8.53. The Kier molecular flexibility index (Phi) is 6.86. The molecule has 0 aliphatic heterocycles. The summed E-state index contributed by atoms with van der Waals surface area (Å²) in [6, 6.07) is 19.1. The molecule has 0 saturated heterocycles. The monoisotopic (exact) mass is 418 g/mol. The van der Waals surface area contributed by atoms with Crippen molar-refractivity contribution >= 4 is 5.91 Å². The zero-order valence-corrected chi connectivity index (χ0v) is 18.3. The Hall–Kier alpha value is -2.88. The standard InChI is InChI=1S/C27H31FN2O/c1-2-21-10-14-23(15-11-21)27(31)30(25-7-4-3-5-8-25)20-26-9-6-18-29(26)19-22-12-16-24(28)17-13-22/h6,9-18,25H,2-5,7-8,19-20H2,1H3. The highest BCUT2D eigenvalue weighted by atomic mass is 19.1. The second-order valence-electron chi connectivity index (χ2n) is 8.53. The van der Waals surface area contributed by atoms with Crippen molar-refractivity contribution in [2.45, 2.75) is 64.6 Å². The molecule has 1 aromatic heterocycles. The summed E-state index contributed by atoms with van der Waals surface area (Å²) in [7, 11) is 0. The van der Waals surface area contributed by atoms with E-state index in [0.717, 1.165) is 36.1 Å². The molecule has 1 saturated carbocycles. The van der Waals surface area contributed by atoms with Gasteiger partial charge in [-0.3, -0.25) is 4.79 Å². The number of halogens is 1. The van der Waals surface area contributed by atoms with E-state index >= 15 is 0 Å². The van der Waals surface area contributed by atoms with Gasteiger partial charge in [-0.1, -0.05) is 50.5 Å². The predicted molar refractivity (Wildman–Crippen MR) is 123 cm³/mol. The number of rotatable bonds is 7. The van der Waals surface area contributed by atoms with Crippen molar-refractivity contribution in [2.24, 2.45) is 0 Å². The lowest BCUT2D eigenvalue weighted by molar-refractivity contribution is 0.0608. The first-order valence-electron chi connectivity index (χ1n) is 11.4. The maximum absolute atomic E-state index is 13.6. The van der Waals surface area contributed by atoms with E-state index < -0.39 is 0 Å². The number of hydrogen-bond donors (Lipinski definition) is 0. The number of carbonyl (C=O) groups excluding carboxylic acids is 1. The minimum atomic E-state index is -0.223. The predicted octanol–water partition coefficient (Wildman–Crippen LogP) is 6.21. The molecule has 3 aromatic rings. The van der Waals surface area contributed by atoms with E-state index in [1.165, 1.54) is 37.0 Å². The number of nitrogens with zero attached hydrogens (tertiary/aromatic N) is 2.